The van der Waals surface area contributed by atoms with E-state index in [1.54, 1.807) is 0 Å². The van der Waals surface area contributed by atoms with Crippen LogP contribution in [0.15, 0.2) is 18.2 Å². The van der Waals surface area contributed by atoms with Gasteiger partial charge in [0.15, 0.2) is 5.69 Å². The number of rotatable bonds is 3. The Bertz CT molecular complexity index is 678. The standard InChI is InChI=1S/C15H18N4O2/c1-9(2)19-6-5-10-7-11(3-4-12(10)8-19)13-14(15(20)21)17-18-16-13/h3-4,7,9H,5-6,8H2,1-2H3,(H,20,21)(H,16,17,18). The van der Waals surface area contributed by atoms with Gasteiger partial charge >= 0.3 is 5.97 Å². The van der Waals surface area contributed by atoms with Gasteiger partial charge in [0.1, 0.15) is 5.69 Å². The summed E-state index contributed by atoms with van der Waals surface area (Å²) in [6.45, 7) is 6.37. The molecule has 0 radical (unpaired) electrons. The fraction of sp³-hybridized carbons (Fsp3) is 0.400. The highest BCUT2D eigenvalue weighted by molar-refractivity contribution is 5.92. The number of nitrogens with one attached hydrogen (secondary N) is 1. The molecule has 6 heteroatoms. The Labute approximate surface area is 122 Å². The third-order valence-electron chi connectivity index (χ3n) is 4.00. The Morgan fingerprint density at radius 3 is 2.86 bits per heavy atom. The van der Waals surface area contributed by atoms with Gasteiger partial charge in [-0.3, -0.25) is 4.90 Å². The number of carboxylic acid groups (broad SMARTS) is 1. The summed E-state index contributed by atoms with van der Waals surface area (Å²) >= 11 is 0. The normalized spacial score (nSPS) is 15.2. The van der Waals surface area contributed by atoms with Crippen molar-refractivity contribution in [2.45, 2.75) is 32.9 Å². The number of aromatic amines is 1. The van der Waals surface area contributed by atoms with E-state index >= 15 is 0 Å². The number of fused-ring (bicyclic) bond motifs is 1. The van der Waals surface area contributed by atoms with Crippen molar-refractivity contribution >= 4 is 5.97 Å². The van der Waals surface area contributed by atoms with Gasteiger partial charge in [-0.15, -0.1) is 5.10 Å². The molecule has 0 bridgehead atoms. The van der Waals surface area contributed by atoms with Crippen LogP contribution in [0.1, 0.15) is 35.5 Å². The first-order valence-corrected chi connectivity index (χ1v) is 7.06. The molecule has 0 aliphatic carbocycles. The van der Waals surface area contributed by atoms with Gasteiger partial charge in [0.25, 0.3) is 0 Å². The summed E-state index contributed by atoms with van der Waals surface area (Å²) in [5.41, 5.74) is 3.74. The number of H-pyrrole nitrogens is 1. The molecule has 0 amide bonds. The summed E-state index contributed by atoms with van der Waals surface area (Å²) in [7, 11) is 0. The van der Waals surface area contributed by atoms with Gasteiger partial charge in [-0.25, -0.2) is 4.79 Å². The first-order chi connectivity index (χ1) is 10.1. The lowest BCUT2D eigenvalue weighted by Crippen LogP contribution is -2.35. The lowest BCUT2D eigenvalue weighted by molar-refractivity contribution is 0.0691. The lowest BCUT2D eigenvalue weighted by Gasteiger charge is -2.32. The van der Waals surface area contributed by atoms with Gasteiger partial charge < -0.3 is 5.11 Å². The largest absolute Gasteiger partial charge is 0.476 e. The van der Waals surface area contributed by atoms with Crippen LogP contribution in [0.5, 0.6) is 0 Å². The van der Waals surface area contributed by atoms with Crippen LogP contribution < -0.4 is 0 Å². The van der Waals surface area contributed by atoms with Gasteiger partial charge in [0.05, 0.1) is 0 Å². The maximum absolute atomic E-state index is 11.1. The van der Waals surface area contributed by atoms with Crippen molar-refractivity contribution in [2.75, 3.05) is 6.54 Å². The zero-order chi connectivity index (χ0) is 15.0. The summed E-state index contributed by atoms with van der Waals surface area (Å²) in [5.74, 6) is -1.07. The average molecular weight is 286 g/mol. The van der Waals surface area contributed by atoms with Crippen molar-refractivity contribution in [3.8, 4) is 11.3 Å². The molecule has 0 unspecified atom stereocenters. The summed E-state index contributed by atoms with van der Waals surface area (Å²) in [5, 5.41) is 19.2. The molecule has 1 aromatic carbocycles. The van der Waals surface area contributed by atoms with Crippen LogP contribution in [0, 0.1) is 0 Å². The molecule has 0 atom stereocenters. The molecule has 3 rings (SSSR count). The highest BCUT2D eigenvalue weighted by Crippen LogP contribution is 2.27. The van der Waals surface area contributed by atoms with Crippen LogP contribution in [-0.4, -0.2) is 44.0 Å². The van der Waals surface area contributed by atoms with Crippen molar-refractivity contribution in [3.63, 3.8) is 0 Å². The third kappa shape index (κ3) is 2.54. The maximum atomic E-state index is 11.1. The van der Waals surface area contributed by atoms with Crippen molar-refractivity contribution in [2.24, 2.45) is 0 Å². The number of hydrogen-bond acceptors (Lipinski definition) is 4. The van der Waals surface area contributed by atoms with Crippen LogP contribution in [-0.2, 0) is 13.0 Å². The van der Waals surface area contributed by atoms with Crippen LogP contribution in [0.3, 0.4) is 0 Å². The minimum absolute atomic E-state index is 0.0328. The summed E-state index contributed by atoms with van der Waals surface area (Å²) in [6, 6.07) is 6.57. The maximum Gasteiger partial charge on any atom is 0.358 e. The van der Waals surface area contributed by atoms with Crippen LogP contribution in [0.2, 0.25) is 0 Å². The number of carbonyl (C=O) groups is 1. The Hall–Kier alpha value is -2.21. The van der Waals surface area contributed by atoms with E-state index in [9.17, 15) is 4.79 Å². The molecule has 6 nitrogen and oxygen atoms in total. The molecule has 0 fully saturated rings. The Kier molecular flexibility index (Phi) is 3.47. The summed E-state index contributed by atoms with van der Waals surface area (Å²) in [4.78, 5) is 13.6. The minimum Gasteiger partial charge on any atom is -0.476 e. The smallest absolute Gasteiger partial charge is 0.358 e. The molecule has 2 heterocycles. The van der Waals surface area contributed by atoms with E-state index in [1.807, 2.05) is 12.1 Å². The summed E-state index contributed by atoms with van der Waals surface area (Å²) < 4.78 is 0. The van der Waals surface area contributed by atoms with Crippen LogP contribution in [0.25, 0.3) is 11.3 Å². The minimum atomic E-state index is -1.07. The van der Waals surface area contributed by atoms with E-state index in [4.69, 9.17) is 5.11 Å². The fourth-order valence-electron chi connectivity index (χ4n) is 2.74. The van der Waals surface area contributed by atoms with E-state index in [2.05, 4.69) is 40.2 Å². The molecular formula is C15H18N4O2. The van der Waals surface area contributed by atoms with E-state index < -0.39 is 5.97 Å². The molecular weight excluding hydrogens is 268 g/mol. The van der Waals surface area contributed by atoms with E-state index in [0.29, 0.717) is 11.7 Å². The molecule has 2 N–H and O–H groups in total. The molecule has 2 aromatic rings. The Balaban J connectivity index is 1.94. The van der Waals surface area contributed by atoms with Crippen LogP contribution >= 0.6 is 0 Å². The zero-order valence-electron chi connectivity index (χ0n) is 12.1. The molecule has 1 aliphatic heterocycles. The predicted molar refractivity (Wildman–Crippen MR) is 78.0 cm³/mol. The second kappa shape index (κ2) is 5.29. The van der Waals surface area contributed by atoms with Gasteiger partial charge in [-0.2, -0.15) is 10.3 Å². The number of benzene rings is 1. The van der Waals surface area contributed by atoms with Crippen molar-refractivity contribution < 1.29 is 9.90 Å². The van der Waals surface area contributed by atoms with Crippen molar-refractivity contribution in [1.29, 1.82) is 0 Å². The first-order valence-electron chi connectivity index (χ1n) is 7.06. The van der Waals surface area contributed by atoms with Gasteiger partial charge in [-0.1, -0.05) is 12.1 Å². The fourth-order valence-corrected chi connectivity index (χ4v) is 2.74. The molecule has 110 valence electrons. The van der Waals surface area contributed by atoms with E-state index in [1.165, 1.54) is 11.1 Å². The highest BCUT2D eigenvalue weighted by atomic mass is 16.4. The highest BCUT2D eigenvalue weighted by Gasteiger charge is 2.21. The Morgan fingerprint density at radius 1 is 1.33 bits per heavy atom. The molecule has 0 saturated carbocycles. The van der Waals surface area contributed by atoms with Crippen molar-refractivity contribution in [1.82, 2.24) is 20.3 Å². The number of hydrogen-bond donors (Lipinski definition) is 2. The van der Waals surface area contributed by atoms with Gasteiger partial charge in [0.2, 0.25) is 0 Å². The summed E-state index contributed by atoms with van der Waals surface area (Å²) in [6.07, 6.45) is 0.974. The second-order valence-corrected chi connectivity index (χ2v) is 5.62. The average Bonchev–Trinajstić information content (AvgIpc) is 2.95. The number of carboxylic acids is 1. The van der Waals surface area contributed by atoms with Crippen molar-refractivity contribution in [3.05, 3.63) is 35.0 Å². The number of aromatic nitrogens is 3. The zero-order valence-corrected chi connectivity index (χ0v) is 12.1. The molecule has 0 saturated heterocycles. The SMILES string of the molecule is CC(C)N1CCc2cc(-c3n[nH]nc3C(=O)O)ccc2C1. The van der Waals surface area contributed by atoms with E-state index in [0.717, 1.165) is 25.1 Å². The molecule has 21 heavy (non-hydrogen) atoms. The number of nitrogens with zero attached hydrogens (tertiary/aromatic N) is 3. The topological polar surface area (TPSA) is 82.1 Å². The predicted octanol–water partition coefficient (Wildman–Crippen LogP) is 1.94. The van der Waals surface area contributed by atoms with Crippen LogP contribution in [0.4, 0.5) is 0 Å². The van der Waals surface area contributed by atoms with Gasteiger partial charge in [0, 0.05) is 24.7 Å². The number of aromatic carboxylic acids is 1. The second-order valence-electron chi connectivity index (χ2n) is 5.62. The monoisotopic (exact) mass is 286 g/mol. The Morgan fingerprint density at radius 2 is 2.14 bits per heavy atom. The third-order valence-corrected chi connectivity index (χ3v) is 4.00. The molecule has 0 spiro atoms. The lowest BCUT2D eigenvalue weighted by atomic mass is 9.95. The first kappa shape index (κ1) is 13.8. The molecule has 1 aliphatic rings. The van der Waals surface area contributed by atoms with E-state index in [-0.39, 0.29) is 5.69 Å². The van der Waals surface area contributed by atoms with Gasteiger partial charge in [-0.05, 0) is 37.5 Å². The quantitative estimate of drug-likeness (QED) is 0.901. The molecule has 1 aromatic heterocycles.